The van der Waals surface area contributed by atoms with E-state index >= 15 is 0 Å². The van der Waals surface area contributed by atoms with Crippen LogP contribution in [0.1, 0.15) is 67.2 Å². The van der Waals surface area contributed by atoms with E-state index in [0.717, 1.165) is 35.5 Å². The molecule has 4 rings (SSSR count). The van der Waals surface area contributed by atoms with Gasteiger partial charge in [-0.15, -0.1) is 0 Å². The summed E-state index contributed by atoms with van der Waals surface area (Å²) in [6, 6.07) is 0. The van der Waals surface area contributed by atoms with Gasteiger partial charge in [-0.1, -0.05) is 65.8 Å². The fourth-order valence-corrected chi connectivity index (χ4v) is 5.93. The van der Waals surface area contributed by atoms with Crippen LogP contribution >= 0.6 is 0 Å². The SMILES string of the molecule is C=C1C[C@]2(C(C)C)C[C@@H]2[C@@H]1C.C=C1C[C@]2(C(C)C)C[C@@H]2[C@H]1C. The molecular formula is C22H36. The zero-order valence-corrected chi connectivity index (χ0v) is 15.7. The number of hydrogen-bond acceptors (Lipinski definition) is 0. The predicted molar refractivity (Wildman–Crippen MR) is 96.6 cm³/mol. The van der Waals surface area contributed by atoms with Crippen molar-refractivity contribution in [1.82, 2.24) is 0 Å². The maximum atomic E-state index is 4.14. The van der Waals surface area contributed by atoms with Crippen LogP contribution in [0.2, 0.25) is 0 Å². The van der Waals surface area contributed by atoms with Crippen LogP contribution < -0.4 is 0 Å². The first-order chi connectivity index (χ1) is 10.2. The second-order valence-electron chi connectivity index (χ2n) is 9.64. The summed E-state index contributed by atoms with van der Waals surface area (Å²) in [7, 11) is 0. The van der Waals surface area contributed by atoms with Crippen molar-refractivity contribution in [3.05, 3.63) is 24.3 Å². The van der Waals surface area contributed by atoms with Crippen LogP contribution in [-0.2, 0) is 0 Å². The van der Waals surface area contributed by atoms with Gasteiger partial charge in [0.25, 0.3) is 0 Å². The van der Waals surface area contributed by atoms with Crippen molar-refractivity contribution < 1.29 is 0 Å². The molecule has 0 saturated heterocycles. The Bertz CT molecular complexity index is 450. The summed E-state index contributed by atoms with van der Waals surface area (Å²) in [6.07, 6.45) is 5.59. The highest BCUT2D eigenvalue weighted by Crippen LogP contribution is 2.71. The molecule has 124 valence electrons. The van der Waals surface area contributed by atoms with Crippen LogP contribution in [0.4, 0.5) is 0 Å². The molecule has 0 nitrogen and oxygen atoms in total. The van der Waals surface area contributed by atoms with Gasteiger partial charge in [0.05, 0.1) is 0 Å². The van der Waals surface area contributed by atoms with Crippen molar-refractivity contribution in [2.24, 2.45) is 46.3 Å². The second kappa shape index (κ2) is 4.99. The Morgan fingerprint density at radius 3 is 1.23 bits per heavy atom. The van der Waals surface area contributed by atoms with E-state index in [0.29, 0.717) is 10.8 Å². The molecule has 4 fully saturated rings. The van der Waals surface area contributed by atoms with Crippen LogP contribution in [0, 0.1) is 46.3 Å². The molecule has 0 aromatic carbocycles. The van der Waals surface area contributed by atoms with Gasteiger partial charge in [0.2, 0.25) is 0 Å². The Kier molecular flexibility index (Phi) is 3.70. The van der Waals surface area contributed by atoms with Crippen molar-refractivity contribution in [3.63, 3.8) is 0 Å². The summed E-state index contributed by atoms with van der Waals surface area (Å²) in [4.78, 5) is 0. The Balaban J connectivity index is 0.000000131. The first kappa shape index (κ1) is 16.3. The minimum Gasteiger partial charge on any atom is -0.0996 e. The van der Waals surface area contributed by atoms with Gasteiger partial charge >= 0.3 is 0 Å². The van der Waals surface area contributed by atoms with Crippen molar-refractivity contribution in [2.75, 3.05) is 0 Å². The molecule has 22 heavy (non-hydrogen) atoms. The lowest BCUT2D eigenvalue weighted by molar-refractivity contribution is 0.347. The largest absolute Gasteiger partial charge is 0.0996 e. The maximum Gasteiger partial charge on any atom is -0.0200 e. The van der Waals surface area contributed by atoms with Crippen LogP contribution in [0.25, 0.3) is 0 Å². The van der Waals surface area contributed by atoms with Gasteiger partial charge in [-0.25, -0.2) is 0 Å². The standard InChI is InChI=1S/2C11H18/c2*1-7(2)11-5-8(3)9(4)10(11)6-11/h2*7,9-10H,3,5-6H2,1-2,4H3/t9-,10+,11+;9-,10-,11-/m01/s1. The van der Waals surface area contributed by atoms with Crippen LogP contribution in [0.5, 0.6) is 0 Å². The van der Waals surface area contributed by atoms with Gasteiger partial charge in [-0.05, 0) is 72.0 Å². The molecule has 0 heteroatoms. The van der Waals surface area contributed by atoms with Crippen LogP contribution in [0.15, 0.2) is 24.3 Å². The summed E-state index contributed by atoms with van der Waals surface area (Å²) in [5.74, 6) is 5.36. The topological polar surface area (TPSA) is 0 Å². The summed E-state index contributed by atoms with van der Waals surface area (Å²) in [5.41, 5.74) is 4.43. The van der Waals surface area contributed by atoms with E-state index in [1.54, 1.807) is 0 Å². The molecule has 0 spiro atoms. The van der Waals surface area contributed by atoms with Gasteiger partial charge in [0, 0.05) is 0 Å². The molecule has 0 unspecified atom stereocenters. The zero-order chi connectivity index (χ0) is 16.4. The van der Waals surface area contributed by atoms with E-state index in [2.05, 4.69) is 54.7 Å². The predicted octanol–water partition coefficient (Wildman–Crippen LogP) is 6.49. The summed E-state index contributed by atoms with van der Waals surface area (Å²) in [6.45, 7) is 22.5. The molecule has 0 aliphatic heterocycles. The van der Waals surface area contributed by atoms with Crippen molar-refractivity contribution in [1.29, 1.82) is 0 Å². The van der Waals surface area contributed by atoms with E-state index in [4.69, 9.17) is 0 Å². The number of fused-ring (bicyclic) bond motifs is 2. The van der Waals surface area contributed by atoms with Gasteiger partial charge in [0.1, 0.15) is 0 Å². The highest BCUT2D eigenvalue weighted by Gasteiger charge is 2.63. The molecule has 0 bridgehead atoms. The highest BCUT2D eigenvalue weighted by molar-refractivity contribution is 5.26. The minimum absolute atomic E-state index is 0.705. The molecule has 4 aliphatic rings. The Morgan fingerprint density at radius 1 is 0.773 bits per heavy atom. The third kappa shape index (κ3) is 2.16. The minimum atomic E-state index is 0.705. The number of hydrogen-bond donors (Lipinski definition) is 0. The fraction of sp³-hybridized carbons (Fsp3) is 0.818. The highest BCUT2D eigenvalue weighted by atomic mass is 14.7. The lowest BCUT2D eigenvalue weighted by atomic mass is 9.89. The third-order valence-electron chi connectivity index (χ3n) is 8.26. The normalized spacial score (nSPS) is 48.2. The van der Waals surface area contributed by atoms with Crippen molar-refractivity contribution in [3.8, 4) is 0 Å². The maximum absolute atomic E-state index is 4.14. The van der Waals surface area contributed by atoms with Crippen molar-refractivity contribution in [2.45, 2.75) is 67.2 Å². The lowest BCUT2D eigenvalue weighted by Gasteiger charge is -2.15. The molecule has 0 heterocycles. The molecule has 4 aliphatic carbocycles. The summed E-state index contributed by atoms with van der Waals surface area (Å²) < 4.78 is 0. The summed E-state index contributed by atoms with van der Waals surface area (Å²) >= 11 is 0. The molecule has 0 amide bonds. The first-order valence-electron chi connectivity index (χ1n) is 9.51. The average Bonchev–Trinajstić information content (AvgIpc) is 3.29. The number of allylic oxidation sites excluding steroid dienone is 2. The third-order valence-corrected chi connectivity index (χ3v) is 8.26. The zero-order valence-electron chi connectivity index (χ0n) is 15.7. The lowest BCUT2D eigenvalue weighted by Crippen LogP contribution is -2.07. The second-order valence-corrected chi connectivity index (χ2v) is 9.64. The smallest absolute Gasteiger partial charge is 0.0200 e. The van der Waals surface area contributed by atoms with E-state index in [1.165, 1.54) is 36.8 Å². The fourth-order valence-electron chi connectivity index (χ4n) is 5.93. The monoisotopic (exact) mass is 300 g/mol. The Labute approximate surface area is 138 Å². The Morgan fingerprint density at radius 2 is 1.09 bits per heavy atom. The quantitative estimate of drug-likeness (QED) is 0.511. The summed E-state index contributed by atoms with van der Waals surface area (Å²) in [5, 5.41) is 0. The van der Waals surface area contributed by atoms with E-state index in [9.17, 15) is 0 Å². The van der Waals surface area contributed by atoms with E-state index in [-0.39, 0.29) is 0 Å². The van der Waals surface area contributed by atoms with E-state index in [1.807, 2.05) is 0 Å². The van der Waals surface area contributed by atoms with Gasteiger partial charge < -0.3 is 0 Å². The first-order valence-corrected chi connectivity index (χ1v) is 9.51. The number of rotatable bonds is 2. The molecule has 4 saturated carbocycles. The molecular weight excluding hydrogens is 264 g/mol. The molecule has 0 aromatic rings. The van der Waals surface area contributed by atoms with E-state index < -0.39 is 0 Å². The van der Waals surface area contributed by atoms with Crippen LogP contribution in [-0.4, -0.2) is 0 Å². The van der Waals surface area contributed by atoms with Gasteiger partial charge in [0.15, 0.2) is 0 Å². The molecule has 0 aromatic heterocycles. The molecule has 0 radical (unpaired) electrons. The Hall–Kier alpha value is -0.520. The molecule has 0 N–H and O–H groups in total. The van der Waals surface area contributed by atoms with Crippen molar-refractivity contribution >= 4 is 0 Å². The van der Waals surface area contributed by atoms with Gasteiger partial charge in [-0.3, -0.25) is 0 Å². The molecule has 6 atom stereocenters. The van der Waals surface area contributed by atoms with Crippen LogP contribution in [0.3, 0.4) is 0 Å². The van der Waals surface area contributed by atoms with Gasteiger partial charge in [-0.2, -0.15) is 0 Å². The average molecular weight is 301 g/mol.